The van der Waals surface area contributed by atoms with E-state index < -0.39 is 10.4 Å². The molecular weight excluding hydrogens is 442 g/mol. The Morgan fingerprint density at radius 3 is 2.29 bits per heavy atom. The van der Waals surface area contributed by atoms with Crippen LogP contribution in [0.5, 0.6) is 11.5 Å². The molecule has 14 heteroatoms. The molecule has 0 radical (unpaired) electrons. The van der Waals surface area contributed by atoms with Gasteiger partial charge in [-0.1, -0.05) is 6.07 Å². The molecule has 2 heterocycles. The van der Waals surface area contributed by atoms with E-state index in [1.807, 2.05) is 6.07 Å². The second-order valence-corrected chi connectivity index (χ2v) is 8.44. The van der Waals surface area contributed by atoms with Gasteiger partial charge in [0.25, 0.3) is 0 Å². The van der Waals surface area contributed by atoms with Gasteiger partial charge in [-0.2, -0.15) is 8.42 Å². The third kappa shape index (κ3) is 4.67. The molecule has 2 aliphatic heterocycles. The van der Waals surface area contributed by atoms with E-state index in [-0.39, 0.29) is 50.4 Å². The van der Waals surface area contributed by atoms with E-state index in [2.05, 4.69) is 11.9 Å². The quantitative estimate of drug-likeness (QED) is 0.322. The van der Waals surface area contributed by atoms with Crippen LogP contribution < -0.4 is 4.74 Å². The molecule has 31 heavy (non-hydrogen) atoms. The van der Waals surface area contributed by atoms with Gasteiger partial charge in [-0.25, -0.2) is 0 Å². The average Bonchev–Trinajstić information content (AvgIpc) is 2.89. The molecule has 1 aromatic carbocycles. The standard InChI is InChI=1S/C17H19NO3.H2O4S.5H2O/c1-18-7-6-17-10-3-5-13(20)16(17)21-15-12(19)4-2-9(14(15)17)8-11(10)18;1-5(2,3)4;;;;;/h2,4,10-11,16,19H,3,5-8H2,1H3;(H2,1,2,3,4);5*1H2/t10-,11+,16-,17-;;;;;;/m0....../s1. The summed E-state index contributed by atoms with van der Waals surface area (Å²) in [5.74, 6) is 1.50. The molecule has 13 nitrogen and oxygen atoms in total. The van der Waals surface area contributed by atoms with Crippen molar-refractivity contribution in [3.8, 4) is 11.5 Å². The first-order chi connectivity index (χ1) is 12.1. The topological polar surface area (TPSA) is 282 Å². The lowest BCUT2D eigenvalue weighted by atomic mass is 9.52. The Bertz CT molecular complexity index is 883. The molecule has 0 aromatic heterocycles. The molecule has 2 aliphatic carbocycles. The highest BCUT2D eigenvalue weighted by atomic mass is 32.3. The average molecular weight is 473 g/mol. The lowest BCUT2D eigenvalue weighted by Crippen LogP contribution is -2.65. The fraction of sp³-hybridized carbons (Fsp3) is 0.588. The Labute approximate surface area is 178 Å². The minimum Gasteiger partial charge on any atom is -0.504 e. The number of Topliss-reactive ketones (excluding diaryl/α,β-unsaturated/α-hetero) is 1. The number of carbonyl (C=O) groups excluding carboxylic acids is 1. The van der Waals surface area contributed by atoms with Crippen LogP contribution in [0.1, 0.15) is 30.4 Å². The van der Waals surface area contributed by atoms with Gasteiger partial charge in [-0.3, -0.25) is 13.9 Å². The molecule has 1 saturated heterocycles. The van der Waals surface area contributed by atoms with Crippen LogP contribution in [0.25, 0.3) is 0 Å². The molecule has 182 valence electrons. The van der Waals surface area contributed by atoms with Gasteiger partial charge >= 0.3 is 10.4 Å². The highest BCUT2D eigenvalue weighted by Gasteiger charge is 2.65. The minimum absolute atomic E-state index is 0. The van der Waals surface area contributed by atoms with Crippen molar-refractivity contribution in [1.29, 1.82) is 0 Å². The summed E-state index contributed by atoms with van der Waals surface area (Å²) in [6, 6.07) is 4.26. The predicted molar refractivity (Wildman–Crippen MR) is 109 cm³/mol. The summed E-state index contributed by atoms with van der Waals surface area (Å²) in [6.07, 6.45) is 3.18. The fourth-order valence-corrected chi connectivity index (χ4v) is 5.52. The van der Waals surface area contributed by atoms with E-state index in [0.717, 1.165) is 31.4 Å². The number of aromatic hydroxyl groups is 1. The Kier molecular flexibility index (Phi) is 10.3. The maximum atomic E-state index is 12.5. The van der Waals surface area contributed by atoms with E-state index >= 15 is 0 Å². The van der Waals surface area contributed by atoms with Crippen LogP contribution in [-0.2, 0) is 27.0 Å². The minimum atomic E-state index is -4.67. The van der Waals surface area contributed by atoms with Crippen molar-refractivity contribution in [2.24, 2.45) is 5.92 Å². The number of piperidine rings is 1. The summed E-state index contributed by atoms with van der Waals surface area (Å²) in [5, 5.41) is 10.2. The molecule has 1 spiro atoms. The first-order valence-electron chi connectivity index (χ1n) is 8.57. The summed E-state index contributed by atoms with van der Waals surface area (Å²) in [5.41, 5.74) is 2.26. The number of ketones is 1. The Hall–Kier alpha value is -1.88. The number of ether oxygens (including phenoxy) is 1. The van der Waals surface area contributed by atoms with Crippen LogP contribution in [0, 0.1) is 5.92 Å². The van der Waals surface area contributed by atoms with Crippen molar-refractivity contribution in [3.05, 3.63) is 23.3 Å². The Morgan fingerprint density at radius 2 is 1.71 bits per heavy atom. The highest BCUT2D eigenvalue weighted by molar-refractivity contribution is 7.79. The van der Waals surface area contributed by atoms with Gasteiger partial charge < -0.3 is 42.1 Å². The zero-order valence-electron chi connectivity index (χ0n) is 16.8. The first kappa shape index (κ1) is 31.3. The summed E-state index contributed by atoms with van der Waals surface area (Å²) in [4.78, 5) is 14.9. The van der Waals surface area contributed by atoms with Crippen LogP contribution in [0.15, 0.2) is 12.1 Å². The van der Waals surface area contributed by atoms with Crippen LogP contribution in [-0.4, -0.2) is 86.4 Å². The molecule has 0 unspecified atom stereocenters. The highest BCUT2D eigenvalue weighted by Crippen LogP contribution is 2.62. The first-order valence-corrected chi connectivity index (χ1v) is 9.97. The van der Waals surface area contributed by atoms with Gasteiger partial charge in [0, 0.05) is 23.4 Å². The third-order valence-corrected chi connectivity index (χ3v) is 6.39. The van der Waals surface area contributed by atoms with Crippen LogP contribution in [0.4, 0.5) is 0 Å². The lowest BCUT2D eigenvalue weighted by molar-refractivity contribution is -0.138. The van der Waals surface area contributed by atoms with Crippen molar-refractivity contribution in [3.63, 3.8) is 0 Å². The van der Waals surface area contributed by atoms with E-state index in [1.165, 1.54) is 5.56 Å². The molecule has 4 aliphatic rings. The molecular formula is C17H31NO12S. The van der Waals surface area contributed by atoms with Crippen molar-refractivity contribution in [2.75, 3.05) is 13.6 Å². The molecule has 2 fully saturated rings. The van der Waals surface area contributed by atoms with Crippen molar-refractivity contribution >= 4 is 16.2 Å². The number of nitrogens with zero attached hydrogens (tertiary/aromatic N) is 1. The number of benzene rings is 1. The van der Waals surface area contributed by atoms with E-state index in [4.69, 9.17) is 22.3 Å². The van der Waals surface area contributed by atoms with Gasteiger partial charge in [0.05, 0.1) is 0 Å². The van der Waals surface area contributed by atoms with E-state index in [9.17, 15) is 9.90 Å². The van der Waals surface area contributed by atoms with E-state index in [0.29, 0.717) is 24.1 Å². The van der Waals surface area contributed by atoms with Gasteiger partial charge in [0.2, 0.25) is 0 Å². The lowest BCUT2D eigenvalue weighted by Gasteiger charge is -2.57. The Balaban J connectivity index is 0. The number of likely N-dealkylation sites (N-methyl/N-ethyl adjacent to an activating group) is 1. The van der Waals surface area contributed by atoms with Crippen molar-refractivity contribution in [1.82, 2.24) is 4.90 Å². The van der Waals surface area contributed by atoms with Crippen molar-refractivity contribution in [2.45, 2.75) is 43.2 Å². The number of carbonyl (C=O) groups is 1. The third-order valence-electron chi connectivity index (χ3n) is 6.39. The SMILES string of the molecule is CN1CC[C@]23c4c5ccc(O)c4O[C@H]2C(=O)CC[C@H]3[C@H]1C5.O.O.O.O.O.O=S(=O)(O)O. The van der Waals surface area contributed by atoms with Crippen molar-refractivity contribution < 1.29 is 59.5 Å². The number of hydrogen-bond acceptors (Lipinski definition) is 6. The summed E-state index contributed by atoms with van der Waals surface area (Å²) >= 11 is 0. The Morgan fingerprint density at radius 1 is 1.13 bits per heavy atom. The second kappa shape index (κ2) is 10.2. The van der Waals surface area contributed by atoms with Crippen LogP contribution in [0.2, 0.25) is 0 Å². The molecule has 1 saturated carbocycles. The molecule has 4 atom stereocenters. The van der Waals surface area contributed by atoms with Crippen LogP contribution >= 0.6 is 0 Å². The van der Waals surface area contributed by atoms with Gasteiger partial charge in [-0.05, 0) is 50.4 Å². The van der Waals surface area contributed by atoms with Gasteiger partial charge in [0.15, 0.2) is 23.4 Å². The monoisotopic (exact) mass is 473 g/mol. The second-order valence-electron chi connectivity index (χ2n) is 7.55. The van der Waals surface area contributed by atoms with Crippen LogP contribution in [0.3, 0.4) is 0 Å². The smallest absolute Gasteiger partial charge is 0.394 e. The number of phenols is 1. The maximum absolute atomic E-state index is 12.5. The summed E-state index contributed by atoms with van der Waals surface area (Å²) < 4.78 is 37.6. The number of hydrogen-bond donors (Lipinski definition) is 3. The molecule has 1 aromatic rings. The van der Waals surface area contributed by atoms with E-state index in [1.54, 1.807) is 6.07 Å². The summed E-state index contributed by atoms with van der Waals surface area (Å²) in [6.45, 7) is 1.00. The molecule has 5 rings (SSSR count). The summed E-state index contributed by atoms with van der Waals surface area (Å²) in [7, 11) is -2.47. The van der Waals surface area contributed by atoms with Gasteiger partial charge in [-0.15, -0.1) is 0 Å². The molecule has 0 amide bonds. The van der Waals surface area contributed by atoms with Gasteiger partial charge in [0.1, 0.15) is 0 Å². The molecule has 2 bridgehead atoms. The number of phenolic OH excluding ortho intramolecular Hbond substituents is 1. The number of likely N-dealkylation sites (tertiary alicyclic amines) is 1. The zero-order chi connectivity index (χ0) is 18.9. The molecule has 13 N–H and O–H groups in total. The maximum Gasteiger partial charge on any atom is 0.394 e. The largest absolute Gasteiger partial charge is 0.504 e. The normalized spacial score (nSPS) is 28.9. The predicted octanol–water partition coefficient (Wildman–Crippen LogP) is -3.15. The number of rotatable bonds is 0. The zero-order valence-corrected chi connectivity index (χ0v) is 17.6. The fourth-order valence-electron chi connectivity index (χ4n) is 5.52.